The van der Waals surface area contributed by atoms with Crippen molar-refractivity contribution in [1.82, 2.24) is 10.3 Å². The molecule has 2 aromatic rings. The van der Waals surface area contributed by atoms with Gasteiger partial charge in [-0.3, -0.25) is 0 Å². The minimum Gasteiger partial charge on any atom is -0.494 e. The molecular formula is C17H22N2O2. The van der Waals surface area contributed by atoms with Gasteiger partial charge in [0.15, 0.2) is 0 Å². The van der Waals surface area contributed by atoms with Gasteiger partial charge in [-0.2, -0.15) is 0 Å². The molecule has 0 amide bonds. The Labute approximate surface area is 126 Å². The number of pyridine rings is 1. The molecule has 0 saturated heterocycles. The van der Waals surface area contributed by atoms with Crippen molar-refractivity contribution in [3.05, 3.63) is 47.7 Å². The first-order valence-electron chi connectivity index (χ1n) is 7.30. The van der Waals surface area contributed by atoms with Gasteiger partial charge in [0.25, 0.3) is 0 Å². The van der Waals surface area contributed by atoms with Gasteiger partial charge in [0, 0.05) is 24.4 Å². The number of rotatable bonds is 7. The third-order valence-electron chi connectivity index (χ3n) is 2.91. The molecule has 1 heterocycles. The fraction of sp³-hybridized carbons (Fsp3) is 0.353. The summed E-state index contributed by atoms with van der Waals surface area (Å²) >= 11 is 0. The second-order valence-corrected chi connectivity index (χ2v) is 4.75. The fourth-order valence-electron chi connectivity index (χ4n) is 2.05. The molecular weight excluding hydrogens is 264 g/mol. The van der Waals surface area contributed by atoms with E-state index >= 15 is 0 Å². The highest BCUT2D eigenvalue weighted by atomic mass is 16.5. The van der Waals surface area contributed by atoms with E-state index < -0.39 is 0 Å². The Kier molecular flexibility index (Phi) is 5.58. The van der Waals surface area contributed by atoms with E-state index in [2.05, 4.69) is 23.3 Å². The lowest BCUT2D eigenvalue weighted by molar-refractivity contribution is 0.338. The first-order valence-corrected chi connectivity index (χ1v) is 7.30. The lowest BCUT2D eigenvalue weighted by atomic mass is 10.2. The lowest BCUT2D eigenvalue weighted by Gasteiger charge is -2.10. The van der Waals surface area contributed by atoms with Gasteiger partial charge < -0.3 is 14.8 Å². The summed E-state index contributed by atoms with van der Waals surface area (Å²) in [4.78, 5) is 4.42. The molecule has 0 radical (unpaired) electrons. The van der Waals surface area contributed by atoms with Crippen molar-refractivity contribution < 1.29 is 9.47 Å². The smallest absolute Gasteiger partial charge is 0.219 e. The van der Waals surface area contributed by atoms with Crippen LogP contribution in [0.4, 0.5) is 0 Å². The molecule has 0 atom stereocenters. The number of nitrogens with one attached hydrogen (secondary N) is 1. The van der Waals surface area contributed by atoms with Crippen LogP contribution in [0.25, 0.3) is 0 Å². The van der Waals surface area contributed by atoms with Crippen molar-refractivity contribution in [1.29, 1.82) is 0 Å². The van der Waals surface area contributed by atoms with E-state index in [1.165, 1.54) is 5.56 Å². The normalized spacial score (nSPS) is 10.4. The van der Waals surface area contributed by atoms with Gasteiger partial charge >= 0.3 is 0 Å². The van der Waals surface area contributed by atoms with Crippen LogP contribution in [0.5, 0.6) is 17.4 Å². The van der Waals surface area contributed by atoms with Crippen molar-refractivity contribution in [3.8, 4) is 17.4 Å². The van der Waals surface area contributed by atoms with Crippen LogP contribution in [0.3, 0.4) is 0 Å². The summed E-state index contributed by atoms with van der Waals surface area (Å²) in [5, 5.41) is 3.31. The standard InChI is InChI=1S/C17H22N2O2/c1-4-18-12-14-9-13(3)19-17(10-14)21-16-8-6-7-15(11-16)20-5-2/h6-11,18H,4-5,12H2,1-3H3. The Morgan fingerprint density at radius 1 is 1.10 bits per heavy atom. The zero-order valence-corrected chi connectivity index (χ0v) is 12.8. The molecule has 112 valence electrons. The highest BCUT2D eigenvalue weighted by Crippen LogP contribution is 2.25. The van der Waals surface area contributed by atoms with Gasteiger partial charge in [-0.15, -0.1) is 0 Å². The average Bonchev–Trinajstić information content (AvgIpc) is 2.45. The Bertz CT molecular complexity index is 585. The number of aromatic nitrogens is 1. The van der Waals surface area contributed by atoms with Crippen LogP contribution in [0.15, 0.2) is 36.4 Å². The number of benzene rings is 1. The molecule has 0 aliphatic rings. The second kappa shape index (κ2) is 7.64. The molecule has 2 rings (SSSR count). The van der Waals surface area contributed by atoms with E-state index in [0.29, 0.717) is 12.5 Å². The molecule has 4 heteroatoms. The summed E-state index contributed by atoms with van der Waals surface area (Å²) in [6.07, 6.45) is 0. The summed E-state index contributed by atoms with van der Waals surface area (Å²) in [6.45, 7) is 8.41. The van der Waals surface area contributed by atoms with Crippen LogP contribution in [0.1, 0.15) is 25.1 Å². The Morgan fingerprint density at radius 2 is 1.90 bits per heavy atom. The van der Waals surface area contributed by atoms with Crippen LogP contribution in [-0.2, 0) is 6.54 Å². The van der Waals surface area contributed by atoms with E-state index in [9.17, 15) is 0 Å². The molecule has 1 aromatic heterocycles. The van der Waals surface area contributed by atoms with Crippen LogP contribution >= 0.6 is 0 Å². The first kappa shape index (κ1) is 15.3. The average molecular weight is 286 g/mol. The van der Waals surface area contributed by atoms with Crippen molar-refractivity contribution in [2.75, 3.05) is 13.2 Å². The minimum atomic E-state index is 0.608. The lowest BCUT2D eigenvalue weighted by Crippen LogP contribution is -2.12. The molecule has 0 spiro atoms. The van der Waals surface area contributed by atoms with Crippen molar-refractivity contribution in [3.63, 3.8) is 0 Å². The quantitative estimate of drug-likeness (QED) is 0.843. The predicted octanol–water partition coefficient (Wildman–Crippen LogP) is 3.69. The molecule has 0 bridgehead atoms. The first-order chi connectivity index (χ1) is 10.2. The van der Waals surface area contributed by atoms with Gasteiger partial charge in [0.05, 0.1) is 6.61 Å². The van der Waals surface area contributed by atoms with Gasteiger partial charge in [-0.1, -0.05) is 13.0 Å². The summed E-state index contributed by atoms with van der Waals surface area (Å²) in [6, 6.07) is 11.6. The van der Waals surface area contributed by atoms with E-state index in [4.69, 9.17) is 9.47 Å². The molecule has 0 aliphatic carbocycles. The Morgan fingerprint density at radius 3 is 2.67 bits per heavy atom. The predicted molar refractivity (Wildman–Crippen MR) is 84.0 cm³/mol. The zero-order valence-electron chi connectivity index (χ0n) is 12.8. The van der Waals surface area contributed by atoms with Crippen molar-refractivity contribution >= 4 is 0 Å². The van der Waals surface area contributed by atoms with Crippen molar-refractivity contribution in [2.45, 2.75) is 27.3 Å². The van der Waals surface area contributed by atoms with Gasteiger partial charge in [0.2, 0.25) is 5.88 Å². The molecule has 21 heavy (non-hydrogen) atoms. The number of aryl methyl sites for hydroxylation is 1. The molecule has 0 saturated carbocycles. The maximum absolute atomic E-state index is 5.85. The topological polar surface area (TPSA) is 43.4 Å². The highest BCUT2D eigenvalue weighted by Gasteiger charge is 2.04. The van der Waals surface area contributed by atoms with Crippen LogP contribution in [-0.4, -0.2) is 18.1 Å². The SMILES string of the molecule is CCNCc1cc(C)nc(Oc2cccc(OCC)c2)c1. The van der Waals surface area contributed by atoms with Crippen LogP contribution < -0.4 is 14.8 Å². The summed E-state index contributed by atoms with van der Waals surface area (Å²) in [7, 11) is 0. The maximum atomic E-state index is 5.85. The largest absolute Gasteiger partial charge is 0.494 e. The van der Waals surface area contributed by atoms with E-state index in [1.54, 1.807) is 0 Å². The van der Waals surface area contributed by atoms with Gasteiger partial charge in [-0.05, 0) is 44.2 Å². The van der Waals surface area contributed by atoms with Gasteiger partial charge in [0.1, 0.15) is 11.5 Å². The summed E-state index contributed by atoms with van der Waals surface area (Å²) < 4.78 is 11.3. The highest BCUT2D eigenvalue weighted by molar-refractivity contribution is 5.36. The van der Waals surface area contributed by atoms with Crippen LogP contribution in [0.2, 0.25) is 0 Å². The summed E-state index contributed by atoms with van der Waals surface area (Å²) in [5.74, 6) is 2.14. The summed E-state index contributed by atoms with van der Waals surface area (Å²) in [5.41, 5.74) is 2.11. The Hall–Kier alpha value is -2.07. The van der Waals surface area contributed by atoms with Crippen LogP contribution in [0, 0.1) is 6.92 Å². The number of hydrogen-bond donors (Lipinski definition) is 1. The van der Waals surface area contributed by atoms with E-state index in [0.717, 1.165) is 30.3 Å². The number of hydrogen-bond acceptors (Lipinski definition) is 4. The van der Waals surface area contributed by atoms with Crippen molar-refractivity contribution in [2.24, 2.45) is 0 Å². The Balaban J connectivity index is 2.14. The third kappa shape index (κ3) is 4.76. The number of nitrogens with zero attached hydrogens (tertiary/aromatic N) is 1. The zero-order chi connectivity index (χ0) is 15.1. The molecule has 1 aromatic carbocycles. The van der Waals surface area contributed by atoms with E-state index in [1.807, 2.05) is 44.2 Å². The molecule has 0 fully saturated rings. The fourth-order valence-corrected chi connectivity index (χ4v) is 2.05. The molecule has 0 aliphatic heterocycles. The second-order valence-electron chi connectivity index (χ2n) is 4.75. The third-order valence-corrected chi connectivity index (χ3v) is 2.91. The monoisotopic (exact) mass is 286 g/mol. The van der Waals surface area contributed by atoms with Gasteiger partial charge in [-0.25, -0.2) is 4.98 Å². The molecule has 1 N–H and O–H groups in total. The number of ether oxygens (including phenoxy) is 2. The van der Waals surface area contributed by atoms with E-state index in [-0.39, 0.29) is 0 Å². The molecule has 0 unspecified atom stereocenters. The maximum Gasteiger partial charge on any atom is 0.219 e. The minimum absolute atomic E-state index is 0.608. The molecule has 4 nitrogen and oxygen atoms in total.